The molecule has 0 fully saturated rings. The first-order chi connectivity index (χ1) is 19.0. The molecule has 0 bridgehead atoms. The predicted molar refractivity (Wildman–Crippen MR) is 126 cm³/mol. The van der Waals surface area contributed by atoms with Gasteiger partial charge in [-0.15, -0.1) is 5.10 Å². The van der Waals surface area contributed by atoms with E-state index >= 15 is 0 Å². The Morgan fingerprint density at radius 2 is 1.90 bits per heavy atom. The van der Waals surface area contributed by atoms with Gasteiger partial charge in [-0.1, -0.05) is 17.3 Å². The van der Waals surface area contributed by atoms with Crippen molar-refractivity contribution in [1.82, 2.24) is 25.0 Å². The van der Waals surface area contributed by atoms with Gasteiger partial charge >= 0.3 is 6.18 Å². The van der Waals surface area contributed by atoms with Crippen molar-refractivity contribution in [2.75, 3.05) is 11.9 Å². The first-order valence-corrected chi connectivity index (χ1v) is 11.7. The van der Waals surface area contributed by atoms with Crippen molar-refractivity contribution in [1.29, 1.82) is 0 Å². The molecule has 1 aliphatic rings. The molecule has 0 unspecified atom stereocenters. The van der Waals surface area contributed by atoms with E-state index in [4.69, 9.17) is 4.74 Å². The lowest BCUT2D eigenvalue weighted by atomic mass is 10.1. The highest BCUT2D eigenvalue weighted by Crippen LogP contribution is 2.33. The number of rotatable bonds is 6. The average molecular weight is 564 g/mol. The molecule has 2 N–H and O–H groups in total. The maximum atomic E-state index is 14.9. The quantitative estimate of drug-likeness (QED) is 0.345. The molecule has 3 heterocycles. The molecule has 0 radical (unpaired) electrons. The Kier molecular flexibility index (Phi) is 7.14. The van der Waals surface area contributed by atoms with E-state index in [9.17, 15) is 35.9 Å². The van der Waals surface area contributed by atoms with Gasteiger partial charge in [0.05, 0.1) is 48.2 Å². The summed E-state index contributed by atoms with van der Waals surface area (Å²) in [5, 5.41) is 9.74. The first kappa shape index (κ1) is 27.1. The van der Waals surface area contributed by atoms with E-state index in [-0.39, 0.29) is 35.9 Å². The van der Waals surface area contributed by atoms with Crippen LogP contribution in [0.25, 0.3) is 11.3 Å². The molecular weight excluding hydrogens is 546 g/mol. The molecule has 1 aliphatic heterocycles. The summed E-state index contributed by atoms with van der Waals surface area (Å²) in [4.78, 5) is 31.6. The van der Waals surface area contributed by atoms with Crippen LogP contribution in [-0.2, 0) is 41.7 Å². The number of nitrogens with one attached hydrogen (secondary N) is 2. The molecule has 0 saturated carbocycles. The molecule has 5 rings (SSSR count). The van der Waals surface area contributed by atoms with E-state index in [0.717, 1.165) is 24.3 Å². The molecule has 0 aliphatic carbocycles. The third kappa shape index (κ3) is 5.59. The zero-order chi connectivity index (χ0) is 28.6. The number of aromatic nitrogens is 5. The lowest BCUT2D eigenvalue weighted by molar-refractivity contribution is -0.140. The van der Waals surface area contributed by atoms with Crippen molar-refractivity contribution < 1.29 is 35.9 Å². The van der Waals surface area contributed by atoms with Gasteiger partial charge in [-0.2, -0.15) is 13.2 Å². The monoisotopic (exact) mass is 564 g/mol. The molecule has 0 atom stereocenters. The van der Waals surface area contributed by atoms with Crippen LogP contribution in [0.4, 0.5) is 32.0 Å². The van der Waals surface area contributed by atoms with Crippen LogP contribution in [0.2, 0.25) is 0 Å². The van der Waals surface area contributed by atoms with Gasteiger partial charge in [-0.3, -0.25) is 9.59 Å². The van der Waals surface area contributed by atoms with Crippen molar-refractivity contribution in [3.05, 3.63) is 92.5 Å². The van der Waals surface area contributed by atoms with E-state index in [2.05, 4.69) is 25.6 Å². The SMILES string of the molecule is O=C(Cc1cccc(C(F)(F)F)c1F)Nc1cc(F)c(-c2cn(Cc3nc4c(c(=O)[nH]3)COCC4)nn2)c(F)c1. The van der Waals surface area contributed by atoms with E-state index in [0.29, 0.717) is 30.4 Å². The molecule has 0 saturated heterocycles. The smallest absolute Gasteiger partial charge is 0.376 e. The second kappa shape index (κ2) is 10.6. The number of anilines is 1. The van der Waals surface area contributed by atoms with Gasteiger partial charge in [-0.05, 0) is 23.8 Å². The standard InChI is InChI=1S/C25H18F6N6O3/c26-16-7-13(32-21(38)6-12-2-1-3-15(23(12)28)25(29,30)31)8-17(27)22(16)19-9-37(36-35-19)10-20-33-18-4-5-40-11-14(18)24(39)34-20/h1-3,7-9H,4-6,10-11H2,(H,32,38)(H,33,34,39). The van der Waals surface area contributed by atoms with Crippen molar-refractivity contribution in [2.24, 2.45) is 0 Å². The molecule has 1 amide bonds. The summed E-state index contributed by atoms with van der Waals surface area (Å²) >= 11 is 0. The lowest BCUT2D eigenvalue weighted by Crippen LogP contribution is -2.26. The summed E-state index contributed by atoms with van der Waals surface area (Å²) in [6.45, 7) is 0.538. The van der Waals surface area contributed by atoms with Crippen LogP contribution in [0.5, 0.6) is 0 Å². The van der Waals surface area contributed by atoms with E-state index in [1.807, 2.05) is 0 Å². The summed E-state index contributed by atoms with van der Waals surface area (Å²) in [5.41, 5.74) is -2.49. The Morgan fingerprint density at radius 1 is 1.15 bits per heavy atom. The van der Waals surface area contributed by atoms with E-state index < -0.39 is 52.6 Å². The van der Waals surface area contributed by atoms with Crippen molar-refractivity contribution in [3.63, 3.8) is 0 Å². The van der Waals surface area contributed by atoms with Crippen molar-refractivity contribution in [2.45, 2.75) is 32.2 Å². The van der Waals surface area contributed by atoms with Crippen molar-refractivity contribution >= 4 is 11.6 Å². The van der Waals surface area contributed by atoms with Gasteiger partial charge in [0.1, 0.15) is 35.5 Å². The van der Waals surface area contributed by atoms with Crippen LogP contribution in [0, 0.1) is 17.5 Å². The second-order valence-corrected chi connectivity index (χ2v) is 8.86. The van der Waals surface area contributed by atoms with Gasteiger partial charge in [0, 0.05) is 12.1 Å². The number of halogens is 6. The highest BCUT2D eigenvalue weighted by atomic mass is 19.4. The largest absolute Gasteiger partial charge is 0.419 e. The van der Waals surface area contributed by atoms with Crippen LogP contribution in [-0.4, -0.2) is 37.5 Å². The number of carbonyl (C=O) groups is 1. The molecule has 9 nitrogen and oxygen atoms in total. The fraction of sp³-hybridized carbons (Fsp3) is 0.240. The molecule has 0 spiro atoms. The Labute approximate surface area is 220 Å². The summed E-state index contributed by atoms with van der Waals surface area (Å²) in [6, 6.07) is 4.05. The molecular formula is C25H18F6N6O3. The Balaban J connectivity index is 1.31. The van der Waals surface area contributed by atoms with Crippen molar-refractivity contribution in [3.8, 4) is 11.3 Å². The maximum Gasteiger partial charge on any atom is 0.419 e. The molecule has 2 aromatic carbocycles. The summed E-state index contributed by atoms with van der Waals surface area (Å²) in [5.74, 6) is -4.57. The normalized spacial score (nSPS) is 13.2. The number of nitrogens with zero attached hydrogens (tertiary/aromatic N) is 4. The summed E-state index contributed by atoms with van der Waals surface area (Å²) < 4.78 is 89.2. The number of alkyl halides is 3. The molecule has 40 heavy (non-hydrogen) atoms. The fourth-order valence-electron chi connectivity index (χ4n) is 4.22. The van der Waals surface area contributed by atoms with E-state index in [1.54, 1.807) is 0 Å². The second-order valence-electron chi connectivity index (χ2n) is 8.86. The van der Waals surface area contributed by atoms with Crippen LogP contribution in [0.1, 0.15) is 28.2 Å². The van der Waals surface area contributed by atoms with Gasteiger partial charge in [0.15, 0.2) is 0 Å². The summed E-state index contributed by atoms with van der Waals surface area (Å²) in [7, 11) is 0. The first-order valence-electron chi connectivity index (χ1n) is 11.7. The van der Waals surface area contributed by atoms with Gasteiger partial charge in [0.25, 0.3) is 5.56 Å². The van der Waals surface area contributed by atoms with E-state index in [1.165, 1.54) is 10.9 Å². The Bertz CT molecular complexity index is 1640. The van der Waals surface area contributed by atoms with Gasteiger partial charge in [0.2, 0.25) is 5.91 Å². The number of amides is 1. The lowest BCUT2D eigenvalue weighted by Gasteiger charge is -2.15. The average Bonchev–Trinajstić information content (AvgIpc) is 3.32. The Morgan fingerprint density at radius 3 is 2.62 bits per heavy atom. The number of H-pyrrole nitrogens is 1. The minimum absolute atomic E-state index is 0.0418. The highest BCUT2D eigenvalue weighted by Gasteiger charge is 2.35. The summed E-state index contributed by atoms with van der Waals surface area (Å²) in [6.07, 6.45) is -4.06. The third-order valence-electron chi connectivity index (χ3n) is 6.05. The third-order valence-corrected chi connectivity index (χ3v) is 6.05. The number of ether oxygens (including phenoxy) is 1. The van der Waals surface area contributed by atoms with Crippen LogP contribution < -0.4 is 10.9 Å². The minimum Gasteiger partial charge on any atom is -0.376 e. The zero-order valence-corrected chi connectivity index (χ0v) is 20.3. The molecule has 15 heteroatoms. The number of hydrogen-bond donors (Lipinski definition) is 2. The fourth-order valence-corrected chi connectivity index (χ4v) is 4.22. The number of benzene rings is 2. The predicted octanol–water partition coefficient (Wildman–Crippen LogP) is 3.77. The van der Waals surface area contributed by atoms with Crippen LogP contribution in [0.3, 0.4) is 0 Å². The minimum atomic E-state index is -4.95. The molecule has 208 valence electrons. The number of fused-ring (bicyclic) bond motifs is 1. The molecule has 4 aromatic rings. The zero-order valence-electron chi connectivity index (χ0n) is 20.3. The van der Waals surface area contributed by atoms with Crippen LogP contribution in [0.15, 0.2) is 41.3 Å². The molecule has 2 aromatic heterocycles. The number of aromatic amines is 1. The highest BCUT2D eigenvalue weighted by molar-refractivity contribution is 5.92. The number of carbonyl (C=O) groups excluding carboxylic acids is 1. The maximum absolute atomic E-state index is 14.9. The van der Waals surface area contributed by atoms with Crippen LogP contribution >= 0.6 is 0 Å². The van der Waals surface area contributed by atoms with Gasteiger partial charge in [-0.25, -0.2) is 22.8 Å². The Hall–Kier alpha value is -4.53. The topological polar surface area (TPSA) is 115 Å². The van der Waals surface area contributed by atoms with Gasteiger partial charge < -0.3 is 15.0 Å². The number of hydrogen-bond acceptors (Lipinski definition) is 6.